The molecule has 1 spiro atoms. The fourth-order valence-corrected chi connectivity index (χ4v) is 7.07. The van der Waals surface area contributed by atoms with Crippen LogP contribution in [0.15, 0.2) is 10.6 Å². The van der Waals surface area contributed by atoms with Crippen molar-refractivity contribution >= 4 is 27.9 Å². The van der Waals surface area contributed by atoms with Crippen molar-refractivity contribution in [3.05, 3.63) is 38.5 Å². The molecule has 2 atom stereocenters. The summed E-state index contributed by atoms with van der Waals surface area (Å²) < 4.78 is 12.1. The van der Waals surface area contributed by atoms with E-state index in [1.807, 2.05) is 7.05 Å². The molecular weight excluding hydrogens is 496 g/mol. The van der Waals surface area contributed by atoms with Crippen LogP contribution in [-0.4, -0.2) is 35.3 Å². The average molecular weight is 527 g/mol. The highest BCUT2D eigenvalue weighted by Crippen LogP contribution is 2.55. The van der Waals surface area contributed by atoms with Gasteiger partial charge in [-0.1, -0.05) is 23.7 Å². The number of nitrogens with zero attached hydrogens (tertiary/aromatic N) is 4. The van der Waals surface area contributed by atoms with E-state index in [0.717, 1.165) is 74.8 Å². The number of fused-ring (bicyclic) bond motifs is 4. The predicted octanol–water partition coefficient (Wildman–Crippen LogP) is 5.27. The van der Waals surface area contributed by atoms with Crippen LogP contribution < -0.4 is 15.8 Å². The Morgan fingerprint density at radius 3 is 2.92 bits per heavy atom. The van der Waals surface area contributed by atoms with E-state index in [1.165, 1.54) is 16.2 Å². The third-order valence-corrected chi connectivity index (χ3v) is 8.65. The molecule has 0 bridgehead atoms. The summed E-state index contributed by atoms with van der Waals surface area (Å²) in [5.74, 6) is 2.06. The van der Waals surface area contributed by atoms with Gasteiger partial charge in [0.25, 0.3) is 0 Å². The smallest absolute Gasteiger partial charge is 0.218 e. The number of nitrogen functional groups attached to an aromatic ring is 1. The Labute approximate surface area is 220 Å². The molecule has 0 unspecified atom stereocenters. The normalized spacial score (nSPS) is 19.5. The Balaban J connectivity index is 1.47. The molecular formula is C26H31ClN6O2S. The maximum atomic E-state index is 9.90. The van der Waals surface area contributed by atoms with Crippen molar-refractivity contribution in [1.82, 2.24) is 20.4 Å². The van der Waals surface area contributed by atoms with Gasteiger partial charge in [0, 0.05) is 16.5 Å². The van der Waals surface area contributed by atoms with E-state index in [1.54, 1.807) is 6.07 Å². The van der Waals surface area contributed by atoms with Gasteiger partial charge in [-0.15, -0.1) is 11.3 Å². The van der Waals surface area contributed by atoms with E-state index >= 15 is 0 Å². The molecule has 5 rings (SSSR count). The zero-order chi connectivity index (χ0) is 25.3. The number of hydrogen-bond donors (Lipinski definition) is 2. The highest BCUT2D eigenvalue weighted by molar-refractivity contribution is 7.16. The molecule has 2 aliphatic carbocycles. The van der Waals surface area contributed by atoms with Crippen LogP contribution in [0.3, 0.4) is 0 Å². The second-order valence-electron chi connectivity index (χ2n) is 9.89. The highest BCUT2D eigenvalue weighted by atomic mass is 35.5. The standard InChI is InChI=1S/C26H31ClN6O2S/c1-15(6-5-11-30-2)14-34-20-12-19(27)31-25(32-20)22-16-7-3-9-26(23(16)35-33-22)10-4-8-18-21(26)17(13-28)24(29)36-18/h12,15,30H,3-11,14,29H2,1-2H3/t15-,26-/m0/s1. The molecule has 3 N–H and O–H groups in total. The SMILES string of the molecule is CNCCC[C@H](C)COc1cc(Cl)nc(-c2noc3c2CCC[C@@]32CCCc3sc(N)c(C#N)c32)n1. The second-order valence-corrected chi connectivity index (χ2v) is 11.4. The van der Waals surface area contributed by atoms with Gasteiger partial charge in [0.2, 0.25) is 5.88 Å². The summed E-state index contributed by atoms with van der Waals surface area (Å²) in [7, 11) is 1.96. The van der Waals surface area contributed by atoms with E-state index in [-0.39, 0.29) is 5.41 Å². The van der Waals surface area contributed by atoms with E-state index in [9.17, 15) is 5.26 Å². The van der Waals surface area contributed by atoms with Crippen LogP contribution in [0.1, 0.15) is 72.8 Å². The number of aryl methyl sites for hydroxylation is 1. The van der Waals surface area contributed by atoms with Gasteiger partial charge < -0.3 is 20.3 Å². The van der Waals surface area contributed by atoms with Gasteiger partial charge in [-0.2, -0.15) is 10.2 Å². The Morgan fingerprint density at radius 2 is 2.14 bits per heavy atom. The van der Waals surface area contributed by atoms with Gasteiger partial charge >= 0.3 is 0 Å². The molecule has 3 aromatic heterocycles. The van der Waals surface area contributed by atoms with Crippen molar-refractivity contribution in [2.45, 2.75) is 63.7 Å². The maximum absolute atomic E-state index is 9.90. The molecule has 8 nitrogen and oxygen atoms in total. The molecule has 190 valence electrons. The Morgan fingerprint density at radius 1 is 1.33 bits per heavy atom. The number of ether oxygens (including phenoxy) is 1. The topological polar surface area (TPSA) is 123 Å². The zero-order valence-electron chi connectivity index (χ0n) is 20.7. The fourth-order valence-electron chi connectivity index (χ4n) is 5.73. The first-order valence-electron chi connectivity index (χ1n) is 12.6. The first-order valence-corrected chi connectivity index (χ1v) is 13.8. The predicted molar refractivity (Wildman–Crippen MR) is 140 cm³/mol. The number of nitrogens with one attached hydrogen (secondary N) is 1. The van der Waals surface area contributed by atoms with Crippen molar-refractivity contribution < 1.29 is 9.26 Å². The summed E-state index contributed by atoms with van der Waals surface area (Å²) in [6.45, 7) is 3.70. The van der Waals surface area contributed by atoms with Crippen molar-refractivity contribution in [2.75, 3.05) is 25.9 Å². The lowest BCUT2D eigenvalue weighted by molar-refractivity contribution is 0.241. The third-order valence-electron chi connectivity index (χ3n) is 7.38. The molecule has 3 heterocycles. The summed E-state index contributed by atoms with van der Waals surface area (Å²) >= 11 is 7.91. The first-order chi connectivity index (χ1) is 17.5. The molecule has 0 radical (unpaired) electrons. The van der Waals surface area contributed by atoms with Gasteiger partial charge in [-0.25, -0.2) is 4.98 Å². The summed E-state index contributed by atoms with van der Waals surface area (Å²) in [5, 5.41) is 18.4. The summed E-state index contributed by atoms with van der Waals surface area (Å²) in [4.78, 5) is 10.3. The maximum Gasteiger partial charge on any atom is 0.218 e. The number of nitrogens with two attached hydrogens (primary N) is 1. The number of halogens is 1. The van der Waals surface area contributed by atoms with Crippen LogP contribution in [0.5, 0.6) is 5.88 Å². The van der Waals surface area contributed by atoms with Crippen molar-refractivity contribution in [3.63, 3.8) is 0 Å². The van der Waals surface area contributed by atoms with Gasteiger partial charge in [0.1, 0.15) is 16.2 Å². The molecule has 0 fully saturated rings. The fraction of sp³-hybridized carbons (Fsp3) is 0.538. The molecule has 0 saturated heterocycles. The van der Waals surface area contributed by atoms with E-state index in [2.05, 4.69) is 33.4 Å². The molecule has 0 amide bonds. The van der Waals surface area contributed by atoms with E-state index in [4.69, 9.17) is 26.6 Å². The van der Waals surface area contributed by atoms with Crippen LogP contribution in [0.2, 0.25) is 5.15 Å². The Bertz CT molecular complexity index is 1290. The minimum Gasteiger partial charge on any atom is -0.477 e. The van der Waals surface area contributed by atoms with Crippen molar-refractivity contribution in [3.8, 4) is 23.5 Å². The molecule has 10 heteroatoms. The lowest BCUT2D eigenvalue weighted by atomic mass is 9.63. The van der Waals surface area contributed by atoms with Crippen molar-refractivity contribution in [1.29, 1.82) is 5.26 Å². The molecule has 0 aromatic carbocycles. The quantitative estimate of drug-likeness (QED) is 0.300. The van der Waals surface area contributed by atoms with Crippen molar-refractivity contribution in [2.24, 2.45) is 5.92 Å². The summed E-state index contributed by atoms with van der Waals surface area (Å²) in [5.41, 5.74) is 9.11. The van der Waals surface area contributed by atoms with Crippen LogP contribution >= 0.6 is 22.9 Å². The minimum absolute atomic E-state index is 0.303. The number of thiophene rings is 1. The largest absolute Gasteiger partial charge is 0.477 e. The third kappa shape index (κ3) is 4.47. The molecule has 0 aliphatic heterocycles. The number of anilines is 1. The molecule has 36 heavy (non-hydrogen) atoms. The van der Waals surface area contributed by atoms with Crippen LogP contribution in [0, 0.1) is 17.2 Å². The average Bonchev–Trinajstić information content (AvgIpc) is 3.45. The minimum atomic E-state index is -0.383. The molecule has 0 saturated carbocycles. The number of rotatable bonds is 8. The number of hydrogen-bond acceptors (Lipinski definition) is 9. The van der Waals surface area contributed by atoms with Crippen LogP contribution in [0.4, 0.5) is 5.00 Å². The van der Waals surface area contributed by atoms with Crippen LogP contribution in [-0.2, 0) is 18.3 Å². The van der Waals surface area contributed by atoms with E-state index < -0.39 is 0 Å². The Hall–Kier alpha value is -2.67. The summed E-state index contributed by atoms with van der Waals surface area (Å²) in [6, 6.07) is 4.00. The lowest BCUT2D eigenvalue weighted by Gasteiger charge is -2.39. The van der Waals surface area contributed by atoms with Gasteiger partial charge in [-0.05, 0) is 76.4 Å². The van der Waals surface area contributed by atoms with Gasteiger partial charge in [0.05, 0.1) is 17.6 Å². The lowest BCUT2D eigenvalue weighted by Crippen LogP contribution is -2.35. The Kier molecular flexibility index (Phi) is 7.20. The van der Waals surface area contributed by atoms with Crippen LogP contribution in [0.25, 0.3) is 11.5 Å². The van der Waals surface area contributed by atoms with Gasteiger partial charge in [0.15, 0.2) is 17.3 Å². The van der Waals surface area contributed by atoms with E-state index in [0.29, 0.717) is 45.6 Å². The first kappa shape index (κ1) is 25.0. The number of aromatic nitrogens is 3. The zero-order valence-corrected chi connectivity index (χ0v) is 22.3. The molecule has 3 aromatic rings. The second kappa shape index (κ2) is 10.4. The molecule has 2 aliphatic rings. The number of nitriles is 1. The highest BCUT2D eigenvalue weighted by Gasteiger charge is 2.48. The summed E-state index contributed by atoms with van der Waals surface area (Å²) in [6.07, 6.45) is 7.68. The monoisotopic (exact) mass is 526 g/mol. The van der Waals surface area contributed by atoms with Gasteiger partial charge in [-0.3, -0.25) is 0 Å².